The van der Waals surface area contributed by atoms with Gasteiger partial charge in [-0.1, -0.05) is 72.8 Å². The highest BCUT2D eigenvalue weighted by atomic mass is 14.4. The maximum atomic E-state index is 10.4. The molecule has 2 aliphatic rings. The molecule has 0 spiro atoms. The molecule has 6 nitrogen and oxygen atoms in total. The smallest absolute Gasteiger partial charge is 0.138 e. The zero-order chi connectivity index (χ0) is 35.9. The van der Waals surface area contributed by atoms with Gasteiger partial charge >= 0.3 is 0 Å². The largest absolute Gasteiger partial charge is 0.192 e. The van der Waals surface area contributed by atoms with Gasteiger partial charge in [-0.15, -0.1) is 0 Å². The number of hydrogen-bond donors (Lipinski definition) is 0. The van der Waals surface area contributed by atoms with Gasteiger partial charge in [0.1, 0.15) is 17.7 Å². The summed E-state index contributed by atoms with van der Waals surface area (Å²) >= 11 is 0. The second-order valence-electron chi connectivity index (χ2n) is 12.3. The fourth-order valence-corrected chi connectivity index (χ4v) is 7.39. The summed E-state index contributed by atoms with van der Waals surface area (Å²) in [5.74, 6) is 0. The van der Waals surface area contributed by atoms with Crippen molar-refractivity contribution in [3.8, 4) is 92.0 Å². The standard InChI is InChI=1S/C46H20N6/c47-21-27-1-9-31(10-2-27)36-17-19-38-44-39(20-18-37(43(36)44)32-11-3-28(22-48)4-12-32)46-41(34-15-7-30(24-50)8-16-34)42(35(25-51)26-52)40(45(38)46)33-13-5-29(23-49)6-14-33/h1-20H. The van der Waals surface area contributed by atoms with Crippen molar-refractivity contribution in [3.63, 3.8) is 0 Å². The van der Waals surface area contributed by atoms with E-state index in [-0.39, 0.29) is 5.57 Å². The molecular weight excluding hydrogens is 637 g/mol. The number of fused-ring (bicyclic) bond motifs is 3. The molecule has 52 heavy (non-hydrogen) atoms. The second kappa shape index (κ2) is 12.3. The van der Waals surface area contributed by atoms with Crippen molar-refractivity contribution in [2.45, 2.75) is 0 Å². The van der Waals surface area contributed by atoms with Crippen LogP contribution in [0.15, 0.2) is 121 Å². The molecule has 0 bridgehead atoms. The zero-order valence-corrected chi connectivity index (χ0v) is 27.2. The van der Waals surface area contributed by atoms with Gasteiger partial charge in [-0.2, -0.15) is 31.6 Å². The minimum Gasteiger partial charge on any atom is -0.192 e. The average molecular weight is 657 g/mol. The predicted molar refractivity (Wildman–Crippen MR) is 200 cm³/mol. The third kappa shape index (κ3) is 4.67. The SMILES string of the molecule is N#CC(C#N)=c1c(-c2ccc(C#N)cc2)c2c3ccc(-c4ccc(C#N)cc4)c4c(-c5ccc(C#N)cc5)ccc(c-2c1-c1ccc(C#N)cc1)c34. The van der Waals surface area contributed by atoms with E-state index in [1.165, 1.54) is 0 Å². The Balaban J connectivity index is 1.61. The fraction of sp³-hybridized carbons (Fsp3) is 0. The van der Waals surface area contributed by atoms with E-state index in [1.807, 2.05) is 48.5 Å². The number of nitrogens with zero attached hydrogens (tertiary/aromatic N) is 6. The van der Waals surface area contributed by atoms with Crippen molar-refractivity contribution >= 4 is 27.1 Å². The average Bonchev–Trinajstić information content (AvgIpc) is 3.72. The maximum Gasteiger partial charge on any atom is 0.138 e. The minimum absolute atomic E-state index is 0.0469. The molecule has 8 rings (SSSR count). The lowest BCUT2D eigenvalue weighted by atomic mass is 9.88. The van der Waals surface area contributed by atoms with Gasteiger partial charge in [-0.25, -0.2) is 0 Å². The molecule has 0 N–H and O–H groups in total. The van der Waals surface area contributed by atoms with E-state index in [2.05, 4.69) is 60.7 Å². The highest BCUT2D eigenvalue weighted by Crippen LogP contribution is 2.54. The fourth-order valence-electron chi connectivity index (χ4n) is 7.39. The summed E-state index contributed by atoms with van der Waals surface area (Å²) in [6, 6.07) is 50.6. The van der Waals surface area contributed by atoms with Crippen LogP contribution in [0.3, 0.4) is 0 Å². The molecule has 0 radical (unpaired) electrons. The van der Waals surface area contributed by atoms with Crippen molar-refractivity contribution in [3.05, 3.63) is 149 Å². The molecule has 6 aromatic carbocycles. The molecule has 0 saturated heterocycles. The van der Waals surface area contributed by atoms with Crippen LogP contribution >= 0.6 is 0 Å². The van der Waals surface area contributed by atoms with Gasteiger partial charge in [0.05, 0.1) is 46.5 Å². The molecule has 0 unspecified atom stereocenters. The normalized spacial score (nSPS) is 10.6. The van der Waals surface area contributed by atoms with Crippen LogP contribution in [0.1, 0.15) is 22.3 Å². The Morgan fingerprint density at radius 3 is 0.962 bits per heavy atom. The van der Waals surface area contributed by atoms with E-state index >= 15 is 0 Å². The molecule has 0 aromatic heterocycles. The van der Waals surface area contributed by atoms with Crippen molar-refractivity contribution < 1.29 is 0 Å². The Kier molecular flexibility index (Phi) is 7.35. The molecule has 0 fully saturated rings. The van der Waals surface area contributed by atoms with Gasteiger partial charge in [-0.05, 0) is 115 Å². The van der Waals surface area contributed by atoms with Crippen molar-refractivity contribution in [1.29, 1.82) is 31.6 Å². The molecule has 234 valence electrons. The second-order valence-corrected chi connectivity index (χ2v) is 12.3. The first-order valence-corrected chi connectivity index (χ1v) is 16.2. The van der Waals surface area contributed by atoms with Crippen LogP contribution in [-0.4, -0.2) is 0 Å². The summed E-state index contributed by atoms with van der Waals surface area (Å²) in [7, 11) is 0. The summed E-state index contributed by atoms with van der Waals surface area (Å²) in [6.45, 7) is 0. The number of rotatable bonds is 4. The number of hydrogen-bond acceptors (Lipinski definition) is 6. The first kappa shape index (κ1) is 31.0. The highest BCUT2D eigenvalue weighted by Gasteiger charge is 2.31. The molecular formula is C46H20N6. The first-order chi connectivity index (χ1) is 25.5. The molecule has 2 aliphatic carbocycles. The summed E-state index contributed by atoms with van der Waals surface area (Å²) < 4.78 is 0. The molecule has 0 heterocycles. The topological polar surface area (TPSA) is 143 Å². The minimum atomic E-state index is -0.0469. The van der Waals surface area contributed by atoms with Gasteiger partial charge in [-0.3, -0.25) is 0 Å². The van der Waals surface area contributed by atoms with Crippen molar-refractivity contribution in [2.75, 3.05) is 0 Å². The van der Waals surface area contributed by atoms with Crippen LogP contribution in [0, 0.1) is 68.0 Å². The summed E-state index contributed by atoms with van der Waals surface area (Å²) in [4.78, 5) is 0. The number of benzene rings is 6. The van der Waals surface area contributed by atoms with Gasteiger partial charge < -0.3 is 0 Å². The van der Waals surface area contributed by atoms with E-state index in [0.29, 0.717) is 38.6 Å². The third-order valence-electron chi connectivity index (χ3n) is 9.68. The Labute approximate surface area is 298 Å². The molecule has 6 heteroatoms. The van der Waals surface area contributed by atoms with Crippen LogP contribution < -0.4 is 5.22 Å². The molecule has 0 aliphatic heterocycles. The lowest BCUT2D eigenvalue weighted by molar-refractivity contribution is 1.47. The Hall–Kier alpha value is -8.26. The first-order valence-electron chi connectivity index (χ1n) is 16.2. The molecule has 6 aromatic rings. The van der Waals surface area contributed by atoms with E-state index in [1.54, 1.807) is 48.5 Å². The molecule has 0 atom stereocenters. The Morgan fingerprint density at radius 1 is 0.327 bits per heavy atom. The maximum absolute atomic E-state index is 10.4. The lowest BCUT2D eigenvalue weighted by Gasteiger charge is -2.14. The predicted octanol–water partition coefficient (Wildman–Crippen LogP) is 9.61. The Morgan fingerprint density at radius 2 is 0.654 bits per heavy atom. The van der Waals surface area contributed by atoms with Gasteiger partial charge in [0.15, 0.2) is 0 Å². The van der Waals surface area contributed by atoms with Gasteiger partial charge in [0.2, 0.25) is 0 Å². The van der Waals surface area contributed by atoms with Gasteiger partial charge in [0.25, 0.3) is 0 Å². The number of nitriles is 6. The molecule has 0 amide bonds. The zero-order valence-electron chi connectivity index (χ0n) is 27.2. The van der Waals surface area contributed by atoms with Crippen molar-refractivity contribution in [2.24, 2.45) is 0 Å². The summed E-state index contributed by atoms with van der Waals surface area (Å²) in [6.07, 6.45) is 0. The summed E-state index contributed by atoms with van der Waals surface area (Å²) in [5, 5.41) is 63.3. The summed E-state index contributed by atoms with van der Waals surface area (Å²) in [5.41, 5.74) is 10.4. The quantitative estimate of drug-likeness (QED) is 0.185. The Bertz CT molecular complexity index is 2820. The van der Waals surface area contributed by atoms with Crippen molar-refractivity contribution in [1.82, 2.24) is 0 Å². The van der Waals surface area contributed by atoms with Crippen LogP contribution in [-0.2, 0) is 0 Å². The van der Waals surface area contributed by atoms with E-state index in [4.69, 9.17) is 0 Å². The molecule has 0 saturated carbocycles. The van der Waals surface area contributed by atoms with Crippen LogP contribution in [0.2, 0.25) is 0 Å². The lowest BCUT2D eigenvalue weighted by Crippen LogP contribution is -2.09. The van der Waals surface area contributed by atoms with Gasteiger partial charge in [0, 0.05) is 16.3 Å². The van der Waals surface area contributed by atoms with Crippen LogP contribution in [0.5, 0.6) is 0 Å². The van der Waals surface area contributed by atoms with Crippen LogP contribution in [0.4, 0.5) is 0 Å². The third-order valence-corrected chi connectivity index (χ3v) is 9.68. The monoisotopic (exact) mass is 656 g/mol. The van der Waals surface area contributed by atoms with E-state index < -0.39 is 0 Å². The van der Waals surface area contributed by atoms with Crippen LogP contribution in [0.25, 0.3) is 82.8 Å². The van der Waals surface area contributed by atoms with E-state index in [0.717, 1.165) is 66.1 Å². The van der Waals surface area contributed by atoms with E-state index in [9.17, 15) is 31.6 Å². The highest BCUT2D eigenvalue weighted by molar-refractivity contribution is 6.33.